The molecule has 0 saturated heterocycles. The van der Waals surface area contributed by atoms with Gasteiger partial charge in [-0.2, -0.15) is 4.98 Å². The summed E-state index contributed by atoms with van der Waals surface area (Å²) < 4.78 is 13.8. The first kappa shape index (κ1) is 30.7. The minimum absolute atomic E-state index is 0.522. The Hall–Kier alpha value is -7.54. The van der Waals surface area contributed by atoms with Crippen LogP contribution in [0.3, 0.4) is 0 Å². The lowest BCUT2D eigenvalue weighted by atomic mass is 9.94. The van der Waals surface area contributed by atoms with E-state index in [1.165, 1.54) is 69.9 Å². The Morgan fingerprint density at radius 3 is 1.98 bits per heavy atom. The molecule has 0 amide bonds. The standard InChI is InChI=1S/C52H28N4OS/c1-2-13-31-30(12-1)32-14-3-7-20-41(32)55-43-27-39-33-15-4-8-21-42(33)56(44(39)28-40(43)37-19-11-18-36(31)50(37)55)51-48(53-49-38-17-5-9-22-45(38)57-52(49)54-51)29-24-25-35-34-16-6-10-23-46(34)58-47(35)26-29/h1-28H. The zero-order valence-electron chi connectivity index (χ0n) is 30.8. The molecule has 0 aliphatic carbocycles. The van der Waals surface area contributed by atoms with E-state index in [2.05, 4.69) is 161 Å². The van der Waals surface area contributed by atoms with E-state index in [-0.39, 0.29) is 0 Å². The molecule has 0 spiro atoms. The van der Waals surface area contributed by atoms with Gasteiger partial charge in [-0.1, -0.05) is 121 Å². The summed E-state index contributed by atoms with van der Waals surface area (Å²) in [4.78, 5) is 10.9. The average molecular weight is 757 g/mol. The fourth-order valence-corrected chi connectivity index (χ4v) is 11.0. The Kier molecular flexibility index (Phi) is 5.85. The van der Waals surface area contributed by atoms with E-state index >= 15 is 0 Å². The topological polar surface area (TPSA) is 48.8 Å². The Morgan fingerprint density at radius 2 is 1.09 bits per heavy atom. The molecule has 0 atom stereocenters. The summed E-state index contributed by atoms with van der Waals surface area (Å²) in [6.07, 6.45) is 0. The molecule has 8 aromatic carbocycles. The van der Waals surface area contributed by atoms with Crippen LogP contribution in [0, 0.1) is 0 Å². The third-order valence-corrected chi connectivity index (χ3v) is 13.4. The SMILES string of the molecule is c1ccc2c(c1)-c1ccccc1-n1c3cc4c5ccccc5n(-c5nc6oc7ccccc7c6nc5-c5ccc6c(c5)sc5ccccc56)c4cc3c3cccc-2c31. The van der Waals surface area contributed by atoms with E-state index in [0.717, 1.165) is 55.4 Å². The number of aromatic nitrogens is 4. The third kappa shape index (κ3) is 3.94. The summed E-state index contributed by atoms with van der Waals surface area (Å²) >= 11 is 1.82. The molecule has 13 aromatic rings. The van der Waals surface area contributed by atoms with Crippen LogP contribution in [-0.2, 0) is 0 Å². The molecule has 6 heterocycles. The molecule has 5 aromatic heterocycles. The van der Waals surface area contributed by atoms with Gasteiger partial charge in [-0.25, -0.2) is 4.98 Å². The van der Waals surface area contributed by atoms with E-state index in [1.807, 2.05) is 29.5 Å². The highest BCUT2D eigenvalue weighted by atomic mass is 32.1. The molecular weight excluding hydrogens is 729 g/mol. The second-order valence-corrected chi connectivity index (χ2v) is 16.4. The number of thiophene rings is 1. The summed E-state index contributed by atoms with van der Waals surface area (Å²) in [6.45, 7) is 0. The zero-order valence-corrected chi connectivity index (χ0v) is 31.6. The highest BCUT2D eigenvalue weighted by molar-refractivity contribution is 7.25. The molecule has 14 rings (SSSR count). The van der Waals surface area contributed by atoms with Gasteiger partial charge in [0.25, 0.3) is 0 Å². The first-order chi connectivity index (χ1) is 28.8. The molecule has 0 saturated carbocycles. The van der Waals surface area contributed by atoms with Crippen molar-refractivity contribution < 1.29 is 4.42 Å². The lowest BCUT2D eigenvalue weighted by Crippen LogP contribution is -2.03. The van der Waals surface area contributed by atoms with E-state index in [0.29, 0.717) is 5.71 Å². The maximum absolute atomic E-state index is 6.47. The van der Waals surface area contributed by atoms with Gasteiger partial charge in [0.1, 0.15) is 16.8 Å². The Bertz CT molecular complexity index is 3940. The fraction of sp³-hybridized carbons (Fsp3) is 0. The Labute approximate surface area is 334 Å². The average Bonchev–Trinajstić information content (AvgIpc) is 4.00. The van der Waals surface area contributed by atoms with Crippen LogP contribution in [0.2, 0.25) is 0 Å². The minimum atomic E-state index is 0.522. The normalized spacial score (nSPS) is 12.5. The molecule has 268 valence electrons. The van der Waals surface area contributed by atoms with Gasteiger partial charge in [0, 0.05) is 63.8 Å². The van der Waals surface area contributed by atoms with Crippen molar-refractivity contribution in [2.75, 3.05) is 0 Å². The first-order valence-corrected chi connectivity index (χ1v) is 20.4. The van der Waals surface area contributed by atoms with E-state index in [4.69, 9.17) is 14.4 Å². The molecular formula is C52H28N4OS. The van der Waals surface area contributed by atoms with Gasteiger partial charge in [0.05, 0.1) is 27.8 Å². The third-order valence-electron chi connectivity index (χ3n) is 12.3. The number of furan rings is 1. The number of rotatable bonds is 2. The van der Waals surface area contributed by atoms with Crippen LogP contribution in [0.25, 0.3) is 131 Å². The maximum atomic E-state index is 6.47. The number of benzene rings is 8. The van der Waals surface area contributed by atoms with Gasteiger partial charge >= 0.3 is 0 Å². The van der Waals surface area contributed by atoms with Gasteiger partial charge < -0.3 is 8.98 Å². The first-order valence-electron chi connectivity index (χ1n) is 19.6. The lowest BCUT2D eigenvalue weighted by molar-refractivity contribution is 0.652. The second-order valence-electron chi connectivity index (χ2n) is 15.3. The van der Waals surface area contributed by atoms with Crippen LogP contribution in [-0.4, -0.2) is 19.1 Å². The van der Waals surface area contributed by atoms with Crippen molar-refractivity contribution in [1.82, 2.24) is 19.1 Å². The highest BCUT2D eigenvalue weighted by Gasteiger charge is 2.27. The molecule has 5 nitrogen and oxygen atoms in total. The predicted molar refractivity (Wildman–Crippen MR) is 241 cm³/mol. The van der Waals surface area contributed by atoms with E-state index in [9.17, 15) is 0 Å². The second kappa shape index (κ2) is 11.1. The Balaban J connectivity index is 1.12. The van der Waals surface area contributed by atoms with Crippen molar-refractivity contribution >= 4 is 97.3 Å². The van der Waals surface area contributed by atoms with Gasteiger partial charge in [0.15, 0.2) is 5.82 Å². The van der Waals surface area contributed by atoms with Crippen molar-refractivity contribution in [2.24, 2.45) is 0 Å². The predicted octanol–water partition coefficient (Wildman–Crippen LogP) is 14.3. The minimum Gasteiger partial charge on any atom is -0.436 e. The van der Waals surface area contributed by atoms with Crippen molar-refractivity contribution in [3.8, 4) is 45.0 Å². The van der Waals surface area contributed by atoms with Crippen LogP contribution in [0.15, 0.2) is 174 Å². The summed E-state index contributed by atoms with van der Waals surface area (Å²) in [5.74, 6) is 0.738. The monoisotopic (exact) mass is 756 g/mol. The van der Waals surface area contributed by atoms with Gasteiger partial charge in [0.2, 0.25) is 5.71 Å². The van der Waals surface area contributed by atoms with Gasteiger partial charge in [-0.3, -0.25) is 4.57 Å². The molecule has 58 heavy (non-hydrogen) atoms. The lowest BCUT2D eigenvalue weighted by Gasteiger charge is -2.13. The van der Waals surface area contributed by atoms with E-state index < -0.39 is 0 Å². The number of nitrogens with zero attached hydrogens (tertiary/aromatic N) is 4. The largest absolute Gasteiger partial charge is 0.436 e. The highest BCUT2D eigenvalue weighted by Crippen LogP contribution is 2.48. The summed E-state index contributed by atoms with van der Waals surface area (Å²) in [5, 5.41) is 8.19. The van der Waals surface area contributed by atoms with Crippen molar-refractivity contribution in [1.29, 1.82) is 0 Å². The van der Waals surface area contributed by atoms with Crippen molar-refractivity contribution in [3.63, 3.8) is 0 Å². The molecule has 1 aliphatic rings. The van der Waals surface area contributed by atoms with Crippen LogP contribution in [0.4, 0.5) is 0 Å². The molecule has 6 heteroatoms. The smallest absolute Gasteiger partial charge is 0.248 e. The van der Waals surface area contributed by atoms with Crippen LogP contribution in [0.1, 0.15) is 0 Å². The molecule has 0 unspecified atom stereocenters. The molecule has 0 radical (unpaired) electrons. The number of hydrogen-bond donors (Lipinski definition) is 0. The van der Waals surface area contributed by atoms with Crippen LogP contribution >= 0.6 is 11.3 Å². The van der Waals surface area contributed by atoms with Crippen molar-refractivity contribution in [3.05, 3.63) is 170 Å². The molecule has 0 fully saturated rings. The van der Waals surface area contributed by atoms with Crippen LogP contribution < -0.4 is 0 Å². The summed E-state index contributed by atoms with van der Waals surface area (Å²) in [5.41, 5.74) is 14.6. The number of hydrogen-bond acceptors (Lipinski definition) is 4. The van der Waals surface area contributed by atoms with E-state index in [1.54, 1.807) is 0 Å². The Morgan fingerprint density at radius 1 is 0.431 bits per heavy atom. The summed E-state index contributed by atoms with van der Waals surface area (Å²) in [6, 6.07) is 61.3. The number of para-hydroxylation sites is 4. The summed E-state index contributed by atoms with van der Waals surface area (Å²) in [7, 11) is 0. The molecule has 1 aliphatic heterocycles. The number of fused-ring (bicyclic) bond motifs is 17. The maximum Gasteiger partial charge on any atom is 0.248 e. The van der Waals surface area contributed by atoms with Crippen molar-refractivity contribution in [2.45, 2.75) is 0 Å². The zero-order chi connectivity index (χ0) is 37.6. The van der Waals surface area contributed by atoms with Gasteiger partial charge in [-0.05, 0) is 59.7 Å². The van der Waals surface area contributed by atoms with Crippen LogP contribution in [0.5, 0.6) is 0 Å². The quantitative estimate of drug-likeness (QED) is 0.176. The molecule has 0 bridgehead atoms. The fourth-order valence-electron chi connectivity index (χ4n) is 9.81. The van der Waals surface area contributed by atoms with Gasteiger partial charge in [-0.15, -0.1) is 11.3 Å². The molecule has 0 N–H and O–H groups in total.